The molecule has 566 valence electrons. The fraction of sp³-hybridized carbons (Fsp3) is 0.103. The second kappa shape index (κ2) is 55.5. The Morgan fingerprint density at radius 2 is 0.495 bits per heavy atom. The molecule has 4 heterocycles. The van der Waals surface area contributed by atoms with Gasteiger partial charge in [-0.15, -0.1) is 0 Å². The minimum Gasteiger partial charge on any atom is -0.858 e. The van der Waals surface area contributed by atoms with E-state index < -0.39 is 59.0 Å². The molecule has 0 aliphatic heterocycles. The second-order valence-corrected chi connectivity index (χ2v) is 20.1. The second-order valence-electron chi connectivity index (χ2n) is 20.1. The molecule has 12 rings (SSSR count). The Morgan fingerprint density at radius 1 is 0.330 bits per heavy atom. The van der Waals surface area contributed by atoms with E-state index in [0.29, 0.717) is 66.6 Å². The number of pyridine rings is 4. The Hall–Kier alpha value is -12.0. The van der Waals surface area contributed by atoms with Gasteiger partial charge in [0.15, 0.2) is 0 Å². The molecule has 8 aromatic carbocycles. The molecule has 4 aromatic heterocycles. The number of aliphatic hydroxyl groups is 2. The molecule has 0 atom stereocenters. The zero-order chi connectivity index (χ0) is 76.7. The summed E-state index contributed by atoms with van der Waals surface area (Å²) >= 11 is 0. The Labute approximate surface area is 668 Å². The third kappa shape index (κ3) is 35.8. The van der Waals surface area contributed by atoms with Gasteiger partial charge >= 0.3 is 67.1 Å². The molecule has 2 radical (unpaired) electrons. The Kier molecular flexibility index (Phi) is 49.4. The van der Waals surface area contributed by atoms with Gasteiger partial charge in [-0.25, -0.2) is 0 Å². The molecular formula is C78H68Co4N12O15. The number of carbonyl (C=O) groups excluding carboxylic acids is 2. The molecule has 27 nitrogen and oxygen atoms in total. The summed E-state index contributed by atoms with van der Waals surface area (Å²) in [5, 5.41) is 159. The first-order valence-corrected chi connectivity index (χ1v) is 31.3. The molecule has 0 bridgehead atoms. The number of fused-ring (bicyclic) bond motifs is 4. The molecule has 0 saturated heterocycles. The fourth-order valence-corrected chi connectivity index (χ4v) is 8.16. The summed E-state index contributed by atoms with van der Waals surface area (Å²) in [7, 11) is 2.00. The largest absolute Gasteiger partial charge is 3.00 e. The van der Waals surface area contributed by atoms with Gasteiger partial charge < -0.3 is 75.6 Å². The predicted octanol–water partition coefficient (Wildman–Crippen LogP) is 3.56. The number of carbonyl (C=O) groups is 2. The molecule has 0 spiro atoms. The topological polar surface area (TPSA) is 465 Å². The van der Waals surface area contributed by atoms with Crippen LogP contribution in [0.4, 0.5) is 0 Å². The van der Waals surface area contributed by atoms with Crippen LogP contribution in [0.2, 0.25) is 0 Å². The van der Waals surface area contributed by atoms with Crippen LogP contribution in [0.5, 0.6) is 23.5 Å². The zero-order valence-electron chi connectivity index (χ0n) is 58.7. The van der Waals surface area contributed by atoms with Crippen molar-refractivity contribution in [1.29, 1.82) is 0 Å². The van der Waals surface area contributed by atoms with Gasteiger partial charge in [-0.1, -0.05) is 194 Å². The predicted molar refractivity (Wildman–Crippen MR) is 387 cm³/mol. The van der Waals surface area contributed by atoms with Crippen molar-refractivity contribution < 1.29 is 143 Å². The van der Waals surface area contributed by atoms with Crippen LogP contribution in [0, 0.1) is 0 Å². The molecule has 0 saturated carbocycles. The van der Waals surface area contributed by atoms with Crippen LogP contribution in [0.15, 0.2) is 283 Å². The van der Waals surface area contributed by atoms with Crippen molar-refractivity contribution in [3.05, 3.63) is 287 Å². The van der Waals surface area contributed by atoms with Gasteiger partial charge in [0.25, 0.3) is 0 Å². The normalized spacial score (nSPS) is 10.7. The molecular weight excluding hydrogens is 1580 g/mol. The molecule has 0 aliphatic carbocycles. The SMILES string of the molecule is CC(=O)[O-].CC(=O)[O-].CCOCC.CO.CO.[Co+2].[Co+2].[Co+3].[Co+3].[O-]/C(=N\N=C\c1cc2ccccc2nc1[O-])c1ccccc1.[O-]/C(=N\N=C\c1cc2ccccc2nc1[O-])c1ccccc1.[O-]/C(=N\N=C\c1cc2ccccc2nc1[O-])c1ccccc1.[O-]/C(=N\N=C\c1cc2ccccc2nc1[O-])c1ccccc1. The number of hydrogen-bond donors (Lipinski definition) is 2. The summed E-state index contributed by atoms with van der Waals surface area (Å²) in [5.74, 6) is -5.60. The number of aliphatic carboxylic acids is 2. The first kappa shape index (κ1) is 97.0. The van der Waals surface area contributed by atoms with Crippen molar-refractivity contribution >= 4 is 104 Å². The van der Waals surface area contributed by atoms with Gasteiger partial charge in [0.2, 0.25) is 0 Å². The van der Waals surface area contributed by atoms with Crippen LogP contribution >= 0.6 is 0 Å². The molecule has 31 heteroatoms. The first-order chi connectivity index (χ1) is 50.8. The minimum absolute atomic E-state index is 0. The van der Waals surface area contributed by atoms with Crippen molar-refractivity contribution in [2.75, 3.05) is 27.4 Å². The summed E-state index contributed by atoms with van der Waals surface area (Å²) < 4.78 is 4.83. The van der Waals surface area contributed by atoms with E-state index in [4.69, 9.17) is 34.8 Å². The van der Waals surface area contributed by atoms with E-state index in [1.165, 1.54) is 24.9 Å². The summed E-state index contributed by atoms with van der Waals surface area (Å²) in [5.41, 5.74) is 5.46. The van der Waals surface area contributed by atoms with E-state index in [-0.39, 0.29) is 67.1 Å². The maximum Gasteiger partial charge on any atom is 3.00 e. The van der Waals surface area contributed by atoms with Gasteiger partial charge in [-0.3, -0.25) is 19.9 Å². The van der Waals surface area contributed by atoms with Crippen molar-refractivity contribution in [3.63, 3.8) is 0 Å². The number of hydrogen-bond acceptors (Lipinski definition) is 27. The quantitative estimate of drug-likeness (QED) is 0.0892. The maximum atomic E-state index is 11.8. The number of nitrogens with zero attached hydrogens (tertiary/aromatic N) is 12. The van der Waals surface area contributed by atoms with Crippen LogP contribution in [0.1, 0.15) is 72.2 Å². The van der Waals surface area contributed by atoms with Crippen molar-refractivity contribution in [1.82, 2.24) is 19.9 Å². The fourth-order valence-electron chi connectivity index (χ4n) is 8.16. The summed E-state index contributed by atoms with van der Waals surface area (Å²) in [6.07, 6.45) is 5.01. The molecule has 0 unspecified atom stereocenters. The summed E-state index contributed by atoms with van der Waals surface area (Å²) in [4.78, 5) is 33.6. The molecule has 0 amide bonds. The molecule has 0 fully saturated rings. The zero-order valence-corrected chi connectivity index (χ0v) is 62.9. The monoisotopic (exact) mass is 1650 g/mol. The van der Waals surface area contributed by atoms with Crippen LogP contribution in [-0.2, 0) is 81.4 Å². The van der Waals surface area contributed by atoms with Gasteiger partial charge in [-0.2, -0.15) is 40.8 Å². The summed E-state index contributed by atoms with van der Waals surface area (Å²) in [6, 6.07) is 70.3. The minimum atomic E-state index is -1.08. The smallest absolute Gasteiger partial charge is 0.858 e. The number of aromatic nitrogens is 4. The van der Waals surface area contributed by atoms with Crippen LogP contribution in [0.3, 0.4) is 0 Å². The Balaban J connectivity index is 0.00000132. The van der Waals surface area contributed by atoms with Gasteiger partial charge in [0.1, 0.15) is 0 Å². The third-order valence-electron chi connectivity index (χ3n) is 12.7. The van der Waals surface area contributed by atoms with Gasteiger partial charge in [0, 0.05) is 107 Å². The van der Waals surface area contributed by atoms with Crippen molar-refractivity contribution in [2.24, 2.45) is 40.8 Å². The van der Waals surface area contributed by atoms with Crippen LogP contribution in [-0.4, -0.2) is 118 Å². The number of carboxylic acids is 2. The van der Waals surface area contributed by atoms with E-state index in [0.717, 1.165) is 62.8 Å². The van der Waals surface area contributed by atoms with Gasteiger partial charge in [0.05, 0.1) is 46.9 Å². The number of aliphatic hydroxyl groups excluding tert-OH is 2. The Morgan fingerprint density at radius 3 is 0.661 bits per heavy atom. The average Bonchev–Trinajstić information content (AvgIpc) is 0.841. The molecule has 2 N–H and O–H groups in total. The molecule has 12 aromatic rings. The molecule has 109 heavy (non-hydrogen) atoms. The number of carboxylic acid groups (broad SMARTS) is 2. The molecule has 0 aliphatic rings. The third-order valence-corrected chi connectivity index (χ3v) is 12.7. The number of ether oxygens (including phenoxy) is 1. The average molecular weight is 1650 g/mol. The van der Waals surface area contributed by atoms with Gasteiger partial charge in [-0.05, 0) is 122 Å². The number of para-hydroxylation sites is 4. The van der Waals surface area contributed by atoms with Crippen molar-refractivity contribution in [2.45, 2.75) is 27.7 Å². The van der Waals surface area contributed by atoms with E-state index >= 15 is 0 Å². The van der Waals surface area contributed by atoms with Crippen LogP contribution in [0.25, 0.3) is 43.6 Å². The number of benzene rings is 8. The van der Waals surface area contributed by atoms with E-state index in [1.54, 1.807) is 146 Å². The standard InChI is InChI=1S/4C17H13N3O2.C4H10O.2C2H4O2.2CH4O.4Co/c4*21-16-14(10-13-8-4-5-9-15(13)19-16)11-18-20-17(22)12-6-2-1-3-7-12;1-3-5-4-2;2*1-2(3)4;2*1-2;;;;/h4*1-11H,(H,19,21)(H,20,22);3-4H2,1-2H3;2*1H3,(H,3,4);2*2H,1H3;;;;/q;;;;;;;;;2*+2;2*+3/p-10/b4*18-11+;;;;;;;;;. The van der Waals surface area contributed by atoms with Crippen LogP contribution < -0.4 is 51.1 Å². The van der Waals surface area contributed by atoms with E-state index in [1.807, 2.05) is 111 Å². The summed E-state index contributed by atoms with van der Waals surface area (Å²) in [6.45, 7) is 7.61. The maximum absolute atomic E-state index is 11.8. The Bertz CT molecular complexity index is 4330. The van der Waals surface area contributed by atoms with E-state index in [2.05, 4.69) is 60.7 Å². The number of rotatable bonds is 14. The van der Waals surface area contributed by atoms with E-state index in [9.17, 15) is 40.9 Å². The van der Waals surface area contributed by atoms with Crippen molar-refractivity contribution in [3.8, 4) is 23.5 Å². The first-order valence-electron chi connectivity index (χ1n) is 31.3.